The van der Waals surface area contributed by atoms with Gasteiger partial charge in [0.25, 0.3) is 0 Å². The van der Waals surface area contributed by atoms with E-state index >= 15 is 0 Å². The molecule has 0 aliphatic carbocycles. The molecule has 0 spiro atoms. The molecule has 0 radical (unpaired) electrons. The standard InChI is InChI=1S/2C14H15NO3/c2*1-3-13(17)15-9-12(10(2)16)14(18)11-7-5-4-6-8-11/h2*3-8,12H,1,9H2,2H3,(H,15,17). The zero-order valence-corrected chi connectivity index (χ0v) is 20.4. The number of rotatable bonds is 12. The molecule has 8 nitrogen and oxygen atoms in total. The third-order valence-corrected chi connectivity index (χ3v) is 5.06. The van der Waals surface area contributed by atoms with Crippen molar-refractivity contribution in [3.63, 3.8) is 0 Å². The molecule has 188 valence electrons. The van der Waals surface area contributed by atoms with Crippen molar-refractivity contribution in [2.24, 2.45) is 11.8 Å². The second kappa shape index (κ2) is 15.4. The summed E-state index contributed by atoms with van der Waals surface area (Å²) < 4.78 is 0. The molecule has 0 heterocycles. The second-order valence-electron chi connectivity index (χ2n) is 7.69. The van der Waals surface area contributed by atoms with E-state index in [9.17, 15) is 28.8 Å². The molecule has 2 amide bonds. The number of hydrogen-bond donors (Lipinski definition) is 2. The summed E-state index contributed by atoms with van der Waals surface area (Å²) in [5.74, 6) is -3.61. The number of nitrogens with one attached hydrogen (secondary N) is 2. The topological polar surface area (TPSA) is 126 Å². The van der Waals surface area contributed by atoms with E-state index in [-0.39, 0.29) is 36.2 Å². The summed E-state index contributed by atoms with van der Waals surface area (Å²) in [5.41, 5.74) is 0.927. The number of hydrogen-bond acceptors (Lipinski definition) is 6. The average Bonchev–Trinajstić information content (AvgIpc) is 2.89. The van der Waals surface area contributed by atoms with Crippen LogP contribution in [0.15, 0.2) is 86.0 Å². The van der Waals surface area contributed by atoms with Crippen LogP contribution in [0.3, 0.4) is 0 Å². The Morgan fingerprint density at radius 2 is 0.944 bits per heavy atom. The molecule has 2 atom stereocenters. The molecule has 0 bridgehead atoms. The molecule has 2 aromatic rings. The first-order chi connectivity index (χ1) is 17.1. The molecule has 0 aromatic heterocycles. The molecule has 8 heteroatoms. The minimum absolute atomic E-state index is 0.00604. The highest BCUT2D eigenvalue weighted by atomic mass is 16.2. The van der Waals surface area contributed by atoms with Gasteiger partial charge in [-0.25, -0.2) is 0 Å². The Morgan fingerprint density at radius 1 is 0.639 bits per heavy atom. The second-order valence-corrected chi connectivity index (χ2v) is 7.69. The minimum atomic E-state index is -0.851. The Morgan fingerprint density at radius 3 is 1.19 bits per heavy atom. The lowest BCUT2D eigenvalue weighted by molar-refractivity contribution is -0.121. The van der Waals surface area contributed by atoms with Gasteiger partial charge in [-0.15, -0.1) is 0 Å². The molecule has 0 saturated carbocycles. The summed E-state index contributed by atoms with van der Waals surface area (Å²) in [6, 6.07) is 17.1. The Kier molecular flexibility index (Phi) is 12.7. The molecule has 2 unspecified atom stereocenters. The van der Waals surface area contributed by atoms with Crippen LogP contribution in [0.25, 0.3) is 0 Å². The highest BCUT2D eigenvalue weighted by Gasteiger charge is 2.25. The van der Waals surface area contributed by atoms with Crippen LogP contribution in [0.1, 0.15) is 34.6 Å². The lowest BCUT2D eigenvalue weighted by Crippen LogP contribution is -2.35. The Hall–Kier alpha value is -4.46. The van der Waals surface area contributed by atoms with Gasteiger partial charge in [0.15, 0.2) is 11.6 Å². The number of benzene rings is 2. The Bertz CT molecular complexity index is 1020. The fourth-order valence-corrected chi connectivity index (χ4v) is 3.00. The summed E-state index contributed by atoms with van der Waals surface area (Å²) in [7, 11) is 0. The first kappa shape index (κ1) is 29.6. The van der Waals surface area contributed by atoms with Gasteiger partial charge < -0.3 is 10.6 Å². The molecule has 36 heavy (non-hydrogen) atoms. The zero-order chi connectivity index (χ0) is 27.1. The lowest BCUT2D eigenvalue weighted by Gasteiger charge is -2.13. The number of ketones is 4. The van der Waals surface area contributed by atoms with Crippen LogP contribution >= 0.6 is 0 Å². The van der Waals surface area contributed by atoms with Gasteiger partial charge in [0.05, 0.1) is 11.8 Å². The van der Waals surface area contributed by atoms with Crippen molar-refractivity contribution in [3.05, 3.63) is 97.1 Å². The van der Waals surface area contributed by atoms with Gasteiger partial charge in [0, 0.05) is 24.2 Å². The van der Waals surface area contributed by atoms with E-state index < -0.39 is 23.7 Å². The fourth-order valence-electron chi connectivity index (χ4n) is 3.00. The van der Waals surface area contributed by atoms with Crippen LogP contribution in [0.4, 0.5) is 0 Å². The van der Waals surface area contributed by atoms with Crippen LogP contribution in [0.5, 0.6) is 0 Å². The molecule has 0 aliphatic heterocycles. The maximum atomic E-state index is 12.1. The maximum absolute atomic E-state index is 12.1. The van der Waals surface area contributed by atoms with Crippen molar-refractivity contribution in [3.8, 4) is 0 Å². The maximum Gasteiger partial charge on any atom is 0.243 e. The van der Waals surface area contributed by atoms with E-state index in [4.69, 9.17) is 0 Å². The number of Topliss-reactive ketones (excluding diaryl/α,β-unsaturated/α-hetero) is 4. The molecule has 0 saturated heterocycles. The van der Waals surface area contributed by atoms with Gasteiger partial charge in [-0.2, -0.15) is 0 Å². The first-order valence-electron chi connectivity index (χ1n) is 11.1. The largest absolute Gasteiger partial charge is 0.351 e. The van der Waals surface area contributed by atoms with E-state index in [2.05, 4.69) is 23.8 Å². The monoisotopic (exact) mass is 490 g/mol. The Labute approximate surface area is 210 Å². The van der Waals surface area contributed by atoms with Crippen molar-refractivity contribution in [2.75, 3.05) is 13.1 Å². The van der Waals surface area contributed by atoms with Crippen LogP contribution in [0.2, 0.25) is 0 Å². The van der Waals surface area contributed by atoms with Crippen LogP contribution in [0, 0.1) is 11.8 Å². The average molecular weight is 491 g/mol. The van der Waals surface area contributed by atoms with E-state index in [0.717, 1.165) is 12.2 Å². The fraction of sp³-hybridized carbons (Fsp3) is 0.214. The SMILES string of the molecule is C=CC(=O)NCC(C(C)=O)C(=O)c1ccccc1.C=CC(=O)NCC(C(C)=O)C(=O)c1ccccc1. The molecule has 2 rings (SSSR count). The van der Waals surface area contributed by atoms with Gasteiger partial charge in [-0.1, -0.05) is 73.8 Å². The molecular formula is C28H30N2O6. The molecule has 0 fully saturated rings. The highest BCUT2D eigenvalue weighted by molar-refractivity contribution is 6.11. The summed E-state index contributed by atoms with van der Waals surface area (Å²) in [6.45, 7) is 9.27. The Balaban J connectivity index is 0.000000360. The summed E-state index contributed by atoms with van der Waals surface area (Å²) in [6.07, 6.45) is 2.20. The van der Waals surface area contributed by atoms with Crippen molar-refractivity contribution in [1.82, 2.24) is 10.6 Å². The van der Waals surface area contributed by atoms with Gasteiger partial charge in [-0.3, -0.25) is 28.8 Å². The summed E-state index contributed by atoms with van der Waals surface area (Å²) in [5, 5.41) is 4.93. The molecule has 2 aromatic carbocycles. The third kappa shape index (κ3) is 9.80. The smallest absolute Gasteiger partial charge is 0.243 e. The minimum Gasteiger partial charge on any atom is -0.351 e. The number of amides is 2. The van der Waals surface area contributed by atoms with Crippen molar-refractivity contribution < 1.29 is 28.8 Å². The van der Waals surface area contributed by atoms with Crippen molar-refractivity contribution in [2.45, 2.75) is 13.8 Å². The molecule has 0 aliphatic rings. The normalized spacial score (nSPS) is 11.4. The van der Waals surface area contributed by atoms with Crippen molar-refractivity contribution in [1.29, 1.82) is 0 Å². The van der Waals surface area contributed by atoms with E-state index in [0.29, 0.717) is 11.1 Å². The van der Waals surface area contributed by atoms with E-state index in [1.807, 2.05) is 0 Å². The number of carbonyl (C=O) groups excluding carboxylic acids is 6. The highest BCUT2D eigenvalue weighted by Crippen LogP contribution is 2.10. The predicted octanol–water partition coefficient (Wildman–Crippen LogP) is 2.75. The quantitative estimate of drug-likeness (QED) is 0.268. The van der Waals surface area contributed by atoms with Crippen LogP contribution in [-0.4, -0.2) is 48.0 Å². The molecule has 2 N–H and O–H groups in total. The zero-order valence-electron chi connectivity index (χ0n) is 20.4. The van der Waals surface area contributed by atoms with Gasteiger partial charge in [-0.05, 0) is 26.0 Å². The van der Waals surface area contributed by atoms with Crippen LogP contribution < -0.4 is 10.6 Å². The van der Waals surface area contributed by atoms with Gasteiger partial charge >= 0.3 is 0 Å². The summed E-state index contributed by atoms with van der Waals surface area (Å²) >= 11 is 0. The van der Waals surface area contributed by atoms with Gasteiger partial charge in [0.2, 0.25) is 11.8 Å². The van der Waals surface area contributed by atoms with E-state index in [1.54, 1.807) is 60.7 Å². The molecular weight excluding hydrogens is 460 g/mol. The number of carbonyl (C=O) groups is 6. The first-order valence-corrected chi connectivity index (χ1v) is 11.1. The lowest BCUT2D eigenvalue weighted by atomic mass is 9.94. The summed E-state index contributed by atoms with van der Waals surface area (Å²) in [4.78, 5) is 69.2. The third-order valence-electron chi connectivity index (χ3n) is 5.06. The van der Waals surface area contributed by atoms with Crippen molar-refractivity contribution >= 4 is 34.9 Å². The predicted molar refractivity (Wildman–Crippen MR) is 136 cm³/mol. The van der Waals surface area contributed by atoms with Gasteiger partial charge in [0.1, 0.15) is 11.6 Å². The van der Waals surface area contributed by atoms with E-state index in [1.165, 1.54) is 13.8 Å². The van der Waals surface area contributed by atoms with Crippen LogP contribution in [-0.2, 0) is 19.2 Å².